The third-order valence-corrected chi connectivity index (χ3v) is 6.90. The van der Waals surface area contributed by atoms with Gasteiger partial charge >= 0.3 is 0 Å². The molecule has 1 N–H and O–H groups in total. The predicted octanol–water partition coefficient (Wildman–Crippen LogP) is 6.38. The van der Waals surface area contributed by atoms with Crippen LogP contribution in [0, 0.1) is 0 Å². The van der Waals surface area contributed by atoms with Gasteiger partial charge in [0.2, 0.25) is 0 Å². The molecule has 0 saturated carbocycles. The van der Waals surface area contributed by atoms with Gasteiger partial charge in [-0.1, -0.05) is 64.5 Å². The Balaban J connectivity index is 1.93. The largest absolute Gasteiger partial charge is 0.497 e. The Morgan fingerprint density at radius 1 is 0.778 bits per heavy atom. The van der Waals surface area contributed by atoms with Crippen molar-refractivity contribution in [3.63, 3.8) is 0 Å². The van der Waals surface area contributed by atoms with Gasteiger partial charge in [0.25, 0.3) is 0 Å². The van der Waals surface area contributed by atoms with Crippen molar-refractivity contribution in [1.82, 2.24) is 0 Å². The molecule has 3 aromatic rings. The number of allylic oxidation sites excluding steroid dienone is 1. The Morgan fingerprint density at radius 2 is 1.19 bits per heavy atom. The maximum Gasteiger partial charge on any atom is 0.144 e. The highest BCUT2D eigenvalue weighted by molar-refractivity contribution is 9.11. The van der Waals surface area contributed by atoms with Crippen LogP contribution >= 0.6 is 15.9 Å². The maximum atomic E-state index is 10.5. The maximum absolute atomic E-state index is 10.5. The standard InChI is InChI=1S/C30H31BrO5/c1-33-26-12-6-22(7-13-26)30(23-8-14-27(34-2)15-9-23,24-10-16-28(35-3)17-11-24)36-29-20-25(32)19-21(29)5-4-18-31/h4,6-19,25,29,32H,5,20H2,1-3H3/b18-4-/t25-,29-/m0/s1. The van der Waals surface area contributed by atoms with Crippen molar-refractivity contribution in [1.29, 1.82) is 0 Å². The molecule has 36 heavy (non-hydrogen) atoms. The number of ether oxygens (including phenoxy) is 4. The van der Waals surface area contributed by atoms with Crippen LogP contribution in [-0.4, -0.2) is 38.6 Å². The number of methoxy groups -OCH3 is 3. The summed E-state index contributed by atoms with van der Waals surface area (Å²) in [5.74, 6) is 2.28. The molecule has 0 aromatic heterocycles. The second-order valence-electron chi connectivity index (χ2n) is 8.58. The third kappa shape index (κ3) is 5.36. The van der Waals surface area contributed by atoms with Crippen LogP contribution in [0.2, 0.25) is 0 Å². The fourth-order valence-electron chi connectivity index (χ4n) is 4.69. The van der Waals surface area contributed by atoms with E-state index in [0.29, 0.717) is 12.8 Å². The molecule has 2 atom stereocenters. The number of hydrogen-bond acceptors (Lipinski definition) is 5. The Labute approximate surface area is 221 Å². The topological polar surface area (TPSA) is 57.2 Å². The molecule has 0 fully saturated rings. The molecule has 3 aromatic carbocycles. The van der Waals surface area contributed by atoms with Crippen molar-refractivity contribution in [2.75, 3.05) is 21.3 Å². The molecule has 0 aliphatic heterocycles. The van der Waals surface area contributed by atoms with E-state index in [9.17, 15) is 5.11 Å². The molecule has 5 nitrogen and oxygen atoms in total. The van der Waals surface area contributed by atoms with Crippen molar-refractivity contribution < 1.29 is 24.1 Å². The monoisotopic (exact) mass is 550 g/mol. The zero-order valence-corrected chi connectivity index (χ0v) is 22.3. The summed E-state index contributed by atoms with van der Waals surface area (Å²) in [5.41, 5.74) is 2.89. The molecule has 0 heterocycles. The zero-order valence-electron chi connectivity index (χ0n) is 20.7. The molecule has 1 aliphatic rings. The molecule has 0 saturated heterocycles. The van der Waals surface area contributed by atoms with Crippen molar-refractivity contribution >= 4 is 15.9 Å². The van der Waals surface area contributed by atoms with Gasteiger partial charge in [-0.15, -0.1) is 0 Å². The third-order valence-electron chi connectivity index (χ3n) is 6.53. The summed E-state index contributed by atoms with van der Waals surface area (Å²) in [6, 6.07) is 23.8. The molecule has 4 rings (SSSR count). The number of hydrogen-bond donors (Lipinski definition) is 1. The first-order chi connectivity index (χ1) is 17.5. The highest BCUT2D eigenvalue weighted by Crippen LogP contribution is 2.45. The Morgan fingerprint density at radius 3 is 1.56 bits per heavy atom. The minimum absolute atomic E-state index is 0.296. The number of halogens is 1. The Kier molecular flexibility index (Phi) is 8.52. The van der Waals surface area contributed by atoms with Crippen molar-refractivity contribution in [2.24, 2.45) is 0 Å². The van der Waals surface area contributed by atoms with Gasteiger partial charge in [-0.25, -0.2) is 0 Å². The van der Waals surface area contributed by atoms with Crippen LogP contribution in [-0.2, 0) is 10.3 Å². The van der Waals surface area contributed by atoms with E-state index in [1.54, 1.807) is 21.3 Å². The fraction of sp³-hybridized carbons (Fsp3) is 0.267. The highest BCUT2D eigenvalue weighted by atomic mass is 79.9. The first kappa shape index (κ1) is 26.0. The van der Waals surface area contributed by atoms with Crippen LogP contribution in [0.5, 0.6) is 17.2 Å². The quantitative estimate of drug-likeness (QED) is 0.234. The Bertz CT molecular complexity index is 1070. The molecule has 188 valence electrons. The van der Waals surface area contributed by atoms with Crippen LogP contribution in [0.1, 0.15) is 29.5 Å². The molecule has 0 amide bonds. The molecule has 1 aliphatic carbocycles. The van der Waals surface area contributed by atoms with Crippen molar-refractivity contribution in [3.8, 4) is 17.2 Å². The molecule has 6 heteroatoms. The van der Waals surface area contributed by atoms with Gasteiger partial charge in [0, 0.05) is 6.42 Å². The smallest absolute Gasteiger partial charge is 0.144 e. The number of aliphatic hydroxyl groups excluding tert-OH is 1. The van der Waals surface area contributed by atoms with Gasteiger partial charge in [-0.05, 0) is 70.1 Å². The summed E-state index contributed by atoms with van der Waals surface area (Å²) in [5, 5.41) is 10.5. The molecule has 0 unspecified atom stereocenters. The van der Waals surface area contributed by atoms with E-state index in [-0.39, 0.29) is 6.10 Å². The summed E-state index contributed by atoms with van der Waals surface area (Å²) >= 11 is 3.36. The lowest BCUT2D eigenvalue weighted by Gasteiger charge is -2.39. The lowest BCUT2D eigenvalue weighted by Crippen LogP contribution is -2.37. The van der Waals surface area contributed by atoms with E-state index in [2.05, 4.69) is 15.9 Å². The van der Waals surface area contributed by atoms with Crippen LogP contribution in [0.15, 0.2) is 95.5 Å². The number of rotatable bonds is 10. The van der Waals surface area contributed by atoms with E-state index in [0.717, 1.165) is 39.5 Å². The summed E-state index contributed by atoms with van der Waals surface area (Å²) in [6.45, 7) is 0. The predicted molar refractivity (Wildman–Crippen MR) is 145 cm³/mol. The van der Waals surface area contributed by atoms with Crippen molar-refractivity contribution in [2.45, 2.75) is 30.7 Å². The molecule has 0 radical (unpaired) electrons. The summed E-state index contributed by atoms with van der Waals surface area (Å²) in [6.07, 6.45) is 4.21. The first-order valence-electron chi connectivity index (χ1n) is 11.8. The van der Waals surface area contributed by atoms with Gasteiger partial charge in [0.05, 0.1) is 33.5 Å². The van der Waals surface area contributed by atoms with Crippen LogP contribution in [0.25, 0.3) is 0 Å². The summed E-state index contributed by atoms with van der Waals surface area (Å²) < 4.78 is 23.5. The lowest BCUT2D eigenvalue weighted by atomic mass is 9.79. The van der Waals surface area contributed by atoms with Crippen molar-refractivity contribution in [3.05, 3.63) is 112 Å². The van der Waals surface area contributed by atoms with E-state index >= 15 is 0 Å². The SMILES string of the molecule is COc1ccc(C(O[C@H]2C[C@@H](O)C=C2C/C=C\Br)(c2ccc(OC)cc2)c2ccc(OC)cc2)cc1. The minimum atomic E-state index is -0.975. The Hall–Kier alpha value is -3.06. The lowest BCUT2D eigenvalue weighted by molar-refractivity contribution is -0.0378. The van der Waals surface area contributed by atoms with E-state index in [4.69, 9.17) is 18.9 Å². The average Bonchev–Trinajstić information content (AvgIpc) is 3.29. The van der Waals surface area contributed by atoms with Crippen LogP contribution in [0.4, 0.5) is 0 Å². The van der Waals surface area contributed by atoms with E-state index in [1.807, 2.05) is 89.9 Å². The van der Waals surface area contributed by atoms with Gasteiger partial charge in [-0.2, -0.15) is 0 Å². The second kappa shape index (κ2) is 11.8. The minimum Gasteiger partial charge on any atom is -0.497 e. The number of aliphatic hydroxyl groups is 1. The van der Waals surface area contributed by atoms with Gasteiger partial charge in [-0.3, -0.25) is 0 Å². The molecule has 0 spiro atoms. The average molecular weight is 551 g/mol. The molecular formula is C30H31BrO5. The second-order valence-corrected chi connectivity index (χ2v) is 9.11. The number of benzene rings is 3. The van der Waals surface area contributed by atoms with Crippen LogP contribution in [0.3, 0.4) is 0 Å². The highest BCUT2D eigenvalue weighted by Gasteiger charge is 2.42. The normalized spacial score (nSPS) is 17.8. The van der Waals surface area contributed by atoms with Crippen LogP contribution < -0.4 is 14.2 Å². The van der Waals surface area contributed by atoms with E-state index in [1.165, 1.54) is 0 Å². The molecule has 0 bridgehead atoms. The summed E-state index contributed by atoms with van der Waals surface area (Å²) in [4.78, 5) is 1.83. The van der Waals surface area contributed by atoms with E-state index < -0.39 is 11.7 Å². The van der Waals surface area contributed by atoms with Gasteiger partial charge < -0.3 is 24.1 Å². The van der Waals surface area contributed by atoms with Gasteiger partial charge in [0.15, 0.2) is 0 Å². The summed E-state index contributed by atoms with van der Waals surface area (Å²) in [7, 11) is 4.96. The zero-order chi connectivity index (χ0) is 25.5. The molecular weight excluding hydrogens is 520 g/mol. The van der Waals surface area contributed by atoms with Gasteiger partial charge in [0.1, 0.15) is 22.8 Å². The fourth-order valence-corrected chi connectivity index (χ4v) is 4.88. The first-order valence-corrected chi connectivity index (χ1v) is 12.7.